The topological polar surface area (TPSA) is 54.9 Å². The normalized spacial score (nSPS) is 10.6. The first-order chi connectivity index (χ1) is 11.6. The maximum atomic E-state index is 12.0. The highest BCUT2D eigenvalue weighted by atomic mass is 32.2. The fourth-order valence-electron chi connectivity index (χ4n) is 2.05. The average Bonchev–Trinajstić information content (AvgIpc) is 3.05. The van der Waals surface area contributed by atoms with E-state index < -0.39 is 0 Å². The molecule has 1 heterocycles. The van der Waals surface area contributed by atoms with Gasteiger partial charge in [0.1, 0.15) is 0 Å². The van der Waals surface area contributed by atoms with Crippen molar-refractivity contribution in [2.45, 2.75) is 18.2 Å². The van der Waals surface area contributed by atoms with Gasteiger partial charge in [-0.1, -0.05) is 59.3 Å². The molecule has 1 N–H and O–H groups in total. The molecule has 0 fully saturated rings. The Labute approximate surface area is 149 Å². The summed E-state index contributed by atoms with van der Waals surface area (Å²) in [5.74, 6) is 0.980. The number of hydrogen-bond donors (Lipinski definition) is 1. The SMILES string of the molecule is Cc1ccc(NC(=O)CSc2nc(-c3ccc(C)cc3)ns2)cc1. The number of rotatable bonds is 5. The van der Waals surface area contributed by atoms with Crippen molar-refractivity contribution in [3.05, 3.63) is 59.7 Å². The van der Waals surface area contributed by atoms with Crippen LogP contribution in [-0.4, -0.2) is 21.0 Å². The van der Waals surface area contributed by atoms with Crippen LogP contribution in [0.2, 0.25) is 0 Å². The Hall–Kier alpha value is -2.18. The van der Waals surface area contributed by atoms with Crippen LogP contribution in [0.1, 0.15) is 11.1 Å². The number of amides is 1. The van der Waals surface area contributed by atoms with Crippen LogP contribution < -0.4 is 5.32 Å². The molecule has 1 amide bonds. The van der Waals surface area contributed by atoms with Crippen molar-refractivity contribution in [3.63, 3.8) is 0 Å². The summed E-state index contributed by atoms with van der Waals surface area (Å²) in [7, 11) is 0. The van der Waals surface area contributed by atoms with E-state index in [1.54, 1.807) is 0 Å². The molecule has 3 rings (SSSR count). The van der Waals surface area contributed by atoms with E-state index in [9.17, 15) is 4.79 Å². The summed E-state index contributed by atoms with van der Waals surface area (Å²) in [5, 5.41) is 2.88. The quantitative estimate of drug-likeness (QED) is 0.682. The molecular formula is C18H17N3OS2. The number of nitrogens with one attached hydrogen (secondary N) is 1. The smallest absolute Gasteiger partial charge is 0.234 e. The highest BCUT2D eigenvalue weighted by molar-refractivity contribution is 8.01. The average molecular weight is 355 g/mol. The second kappa shape index (κ2) is 7.59. The molecule has 6 heteroatoms. The molecule has 122 valence electrons. The van der Waals surface area contributed by atoms with Crippen LogP contribution in [0.5, 0.6) is 0 Å². The summed E-state index contributed by atoms with van der Waals surface area (Å²) in [5.41, 5.74) is 4.17. The molecule has 0 aliphatic carbocycles. The van der Waals surface area contributed by atoms with E-state index in [0.29, 0.717) is 11.6 Å². The lowest BCUT2D eigenvalue weighted by molar-refractivity contribution is -0.113. The van der Waals surface area contributed by atoms with Crippen molar-refractivity contribution < 1.29 is 4.79 Å². The third kappa shape index (κ3) is 4.43. The minimum absolute atomic E-state index is 0.0454. The van der Waals surface area contributed by atoms with Crippen LogP contribution >= 0.6 is 23.3 Å². The number of carbonyl (C=O) groups is 1. The van der Waals surface area contributed by atoms with Crippen LogP contribution in [0.4, 0.5) is 5.69 Å². The number of thioether (sulfide) groups is 1. The zero-order valence-corrected chi connectivity index (χ0v) is 15.1. The van der Waals surface area contributed by atoms with Crippen molar-refractivity contribution in [1.82, 2.24) is 9.36 Å². The first-order valence-electron chi connectivity index (χ1n) is 7.50. The van der Waals surface area contributed by atoms with Gasteiger partial charge in [-0.3, -0.25) is 4.79 Å². The summed E-state index contributed by atoms with van der Waals surface area (Å²) in [6.07, 6.45) is 0. The molecule has 3 aromatic rings. The summed E-state index contributed by atoms with van der Waals surface area (Å²) in [6, 6.07) is 15.8. The highest BCUT2D eigenvalue weighted by Crippen LogP contribution is 2.25. The Bertz CT molecular complexity index is 826. The van der Waals surface area contributed by atoms with Crippen LogP contribution in [-0.2, 0) is 4.79 Å². The van der Waals surface area contributed by atoms with Crippen molar-refractivity contribution >= 4 is 34.9 Å². The Kier molecular flexibility index (Phi) is 5.27. The maximum absolute atomic E-state index is 12.0. The van der Waals surface area contributed by atoms with Gasteiger partial charge in [-0.15, -0.1) is 0 Å². The standard InChI is InChI=1S/C18H17N3OS2/c1-12-3-7-14(8-4-12)17-20-18(24-21-17)23-11-16(22)19-15-9-5-13(2)6-10-15/h3-10H,11H2,1-2H3,(H,19,22). The van der Waals surface area contributed by atoms with Crippen molar-refractivity contribution in [1.29, 1.82) is 0 Å². The molecule has 24 heavy (non-hydrogen) atoms. The molecule has 0 aliphatic heterocycles. The minimum Gasteiger partial charge on any atom is -0.325 e. The number of nitrogens with zero attached hydrogens (tertiary/aromatic N) is 2. The number of benzene rings is 2. The molecule has 4 nitrogen and oxygen atoms in total. The summed E-state index contributed by atoms with van der Waals surface area (Å²) >= 11 is 2.72. The van der Waals surface area contributed by atoms with Gasteiger partial charge in [0.05, 0.1) is 5.75 Å². The predicted octanol–water partition coefficient (Wildman–Crippen LogP) is 4.55. The van der Waals surface area contributed by atoms with Crippen LogP contribution in [0, 0.1) is 13.8 Å². The van der Waals surface area contributed by atoms with E-state index in [1.807, 2.05) is 62.4 Å². The van der Waals surface area contributed by atoms with E-state index in [0.717, 1.165) is 15.6 Å². The molecule has 0 saturated carbocycles. The van der Waals surface area contributed by atoms with Gasteiger partial charge in [0, 0.05) is 11.3 Å². The molecule has 0 radical (unpaired) electrons. The van der Waals surface area contributed by atoms with Gasteiger partial charge in [0.2, 0.25) is 5.91 Å². The van der Waals surface area contributed by atoms with Crippen molar-refractivity contribution in [2.75, 3.05) is 11.1 Å². The van der Waals surface area contributed by atoms with Gasteiger partial charge < -0.3 is 5.32 Å². The highest BCUT2D eigenvalue weighted by Gasteiger charge is 2.09. The monoisotopic (exact) mass is 355 g/mol. The van der Waals surface area contributed by atoms with Gasteiger partial charge in [-0.2, -0.15) is 4.37 Å². The van der Waals surface area contributed by atoms with Gasteiger partial charge in [0.25, 0.3) is 0 Å². The third-order valence-electron chi connectivity index (χ3n) is 3.38. The lowest BCUT2D eigenvalue weighted by Gasteiger charge is -2.04. The Balaban J connectivity index is 1.56. The van der Waals surface area contributed by atoms with E-state index in [-0.39, 0.29) is 5.91 Å². The summed E-state index contributed by atoms with van der Waals surface area (Å²) in [4.78, 5) is 16.5. The Morgan fingerprint density at radius 1 is 1.04 bits per heavy atom. The second-order valence-corrected chi connectivity index (χ2v) is 7.43. The number of anilines is 1. The third-order valence-corrected chi connectivity index (χ3v) is 5.21. The molecular weight excluding hydrogens is 338 g/mol. The number of aryl methyl sites for hydroxylation is 2. The lowest BCUT2D eigenvalue weighted by Crippen LogP contribution is -2.13. The molecule has 0 unspecified atom stereocenters. The van der Waals surface area contributed by atoms with Gasteiger partial charge in [-0.05, 0) is 37.5 Å². The van der Waals surface area contributed by atoms with Crippen molar-refractivity contribution in [2.24, 2.45) is 0 Å². The molecule has 1 aromatic heterocycles. The first-order valence-corrected chi connectivity index (χ1v) is 9.26. The van der Waals surface area contributed by atoms with Crippen LogP contribution in [0.25, 0.3) is 11.4 Å². The van der Waals surface area contributed by atoms with Crippen LogP contribution in [0.3, 0.4) is 0 Å². The van der Waals surface area contributed by atoms with Crippen LogP contribution in [0.15, 0.2) is 52.9 Å². The van der Waals surface area contributed by atoms with E-state index in [1.165, 1.54) is 34.4 Å². The van der Waals surface area contributed by atoms with E-state index in [2.05, 4.69) is 14.7 Å². The fraction of sp³-hybridized carbons (Fsp3) is 0.167. The molecule has 0 bridgehead atoms. The maximum Gasteiger partial charge on any atom is 0.234 e. The Morgan fingerprint density at radius 3 is 2.33 bits per heavy atom. The molecule has 0 aliphatic rings. The largest absolute Gasteiger partial charge is 0.325 e. The number of hydrogen-bond acceptors (Lipinski definition) is 5. The zero-order chi connectivity index (χ0) is 16.9. The minimum atomic E-state index is -0.0454. The summed E-state index contributed by atoms with van der Waals surface area (Å²) in [6.45, 7) is 4.06. The first kappa shape index (κ1) is 16.7. The van der Waals surface area contributed by atoms with E-state index >= 15 is 0 Å². The summed E-state index contributed by atoms with van der Waals surface area (Å²) < 4.78 is 5.16. The van der Waals surface area contributed by atoms with Gasteiger partial charge in [-0.25, -0.2) is 4.98 Å². The van der Waals surface area contributed by atoms with E-state index in [4.69, 9.17) is 0 Å². The number of carbonyl (C=O) groups excluding carboxylic acids is 1. The number of aromatic nitrogens is 2. The molecule has 0 atom stereocenters. The lowest BCUT2D eigenvalue weighted by atomic mass is 10.1. The van der Waals surface area contributed by atoms with Gasteiger partial charge >= 0.3 is 0 Å². The molecule has 0 saturated heterocycles. The zero-order valence-electron chi connectivity index (χ0n) is 13.4. The molecule has 2 aromatic carbocycles. The van der Waals surface area contributed by atoms with Crippen molar-refractivity contribution in [3.8, 4) is 11.4 Å². The predicted molar refractivity (Wildman–Crippen MR) is 101 cm³/mol. The van der Waals surface area contributed by atoms with Gasteiger partial charge in [0.15, 0.2) is 10.2 Å². The second-order valence-electron chi connectivity index (χ2n) is 5.45. The Morgan fingerprint density at radius 2 is 1.67 bits per heavy atom. The molecule has 0 spiro atoms. The fourth-order valence-corrected chi connectivity index (χ4v) is 3.46.